The zero-order chi connectivity index (χ0) is 38.5. The van der Waals surface area contributed by atoms with Crippen molar-refractivity contribution in [3.05, 3.63) is 130 Å². The number of phenolic OH excluding ortho intramolecular Hbond substituents is 5. The SMILES string of the molecule is O=C(/C=C\c1ccc(O)cc1)OCC1OC(Oc2c(-c3ccc(O)cc3)oc3cc(O)cc(O)c3c2=O)=C(O)C(OC(=O)/C=C\c2ccc(O)cc2)[C@@H]1O. The predicted molar refractivity (Wildman–Crippen MR) is 189 cm³/mol. The minimum absolute atomic E-state index is 0.00684. The van der Waals surface area contributed by atoms with E-state index < -0.39 is 76.6 Å². The first-order valence-corrected chi connectivity index (χ1v) is 16.0. The number of esters is 2. The molecule has 0 radical (unpaired) electrons. The van der Waals surface area contributed by atoms with Gasteiger partial charge in [0.05, 0.1) is 0 Å². The maximum atomic E-state index is 13.9. The summed E-state index contributed by atoms with van der Waals surface area (Å²) in [6.45, 7) is -0.700. The number of hydrogen-bond donors (Lipinski definition) is 7. The number of carbonyl (C=O) groups excluding carboxylic acids is 2. The van der Waals surface area contributed by atoms with Gasteiger partial charge in [-0.05, 0) is 71.8 Å². The van der Waals surface area contributed by atoms with Gasteiger partial charge in [-0.25, -0.2) is 9.59 Å². The van der Waals surface area contributed by atoms with E-state index in [1.165, 1.54) is 84.9 Å². The molecule has 0 saturated heterocycles. The van der Waals surface area contributed by atoms with Gasteiger partial charge in [-0.1, -0.05) is 24.3 Å². The van der Waals surface area contributed by atoms with E-state index in [-0.39, 0.29) is 34.2 Å². The molecule has 0 amide bonds. The summed E-state index contributed by atoms with van der Waals surface area (Å²) in [6.07, 6.45) is -0.622. The van der Waals surface area contributed by atoms with Crippen LogP contribution in [-0.2, 0) is 23.8 Å². The number of aromatic hydroxyl groups is 5. The third-order valence-electron chi connectivity index (χ3n) is 7.91. The van der Waals surface area contributed by atoms with Gasteiger partial charge in [-0.3, -0.25) is 4.79 Å². The molecule has 1 aliphatic rings. The lowest BCUT2D eigenvalue weighted by molar-refractivity contribution is -0.174. The number of carbonyl (C=O) groups is 2. The van der Waals surface area contributed by atoms with Crippen LogP contribution in [0.1, 0.15) is 11.1 Å². The Morgan fingerprint density at radius 3 is 1.87 bits per heavy atom. The lowest BCUT2D eigenvalue weighted by Gasteiger charge is -2.34. The van der Waals surface area contributed by atoms with Crippen LogP contribution in [-0.4, -0.2) is 72.6 Å². The molecule has 0 aliphatic carbocycles. The minimum Gasteiger partial charge on any atom is -0.508 e. The molecule has 1 aromatic heterocycles. The third-order valence-corrected chi connectivity index (χ3v) is 7.91. The van der Waals surface area contributed by atoms with Gasteiger partial charge in [0.15, 0.2) is 18.0 Å². The van der Waals surface area contributed by atoms with Crippen LogP contribution in [0.3, 0.4) is 0 Å². The maximum Gasteiger partial charge on any atom is 0.331 e. The Balaban J connectivity index is 1.35. The number of hydrogen-bond acceptors (Lipinski definition) is 15. The number of aliphatic hydroxyl groups is 2. The highest BCUT2D eigenvalue weighted by Crippen LogP contribution is 2.38. The van der Waals surface area contributed by atoms with E-state index in [1.807, 2.05) is 0 Å². The van der Waals surface area contributed by atoms with Gasteiger partial charge >= 0.3 is 17.9 Å². The van der Waals surface area contributed by atoms with E-state index >= 15 is 0 Å². The Kier molecular flexibility index (Phi) is 10.4. The fourth-order valence-electron chi connectivity index (χ4n) is 5.21. The lowest BCUT2D eigenvalue weighted by Crippen LogP contribution is -2.49. The van der Waals surface area contributed by atoms with E-state index in [9.17, 15) is 50.1 Å². The number of benzene rings is 4. The summed E-state index contributed by atoms with van der Waals surface area (Å²) in [5, 5.41) is 71.5. The van der Waals surface area contributed by atoms with Crippen LogP contribution in [0.2, 0.25) is 0 Å². The topological polar surface area (TPSA) is 243 Å². The Bertz CT molecular complexity index is 2340. The molecule has 6 rings (SSSR count). The molecular weight excluding hydrogens is 708 g/mol. The summed E-state index contributed by atoms with van der Waals surface area (Å²) in [5.41, 5.74) is -0.0843. The van der Waals surface area contributed by atoms with Crippen molar-refractivity contribution in [2.24, 2.45) is 0 Å². The van der Waals surface area contributed by atoms with Crippen molar-refractivity contribution in [2.45, 2.75) is 18.3 Å². The first-order chi connectivity index (χ1) is 25.9. The Hall–Kier alpha value is -7.39. The summed E-state index contributed by atoms with van der Waals surface area (Å²) in [5.74, 6) is -6.09. The molecule has 0 saturated carbocycles. The third kappa shape index (κ3) is 8.22. The molecule has 15 nitrogen and oxygen atoms in total. The quantitative estimate of drug-likeness (QED) is 0.0756. The standard InChI is InChI=1S/C39H30O15/c40-23-9-1-20(2-10-23)5-15-30(45)50-19-29-33(47)37(53-31(46)16-6-21-3-11-24(41)12-4-21)35(49)39(52-29)54-38-34(48)32-27(44)17-26(43)18-28(32)51-36(38)22-7-13-25(42)14-8-22/h1-18,29,33,37,40-44,47,49H,19H2/b15-5-,16-6-/t29?,33-,37?/m1/s1. The van der Waals surface area contributed by atoms with E-state index in [0.29, 0.717) is 11.1 Å². The molecule has 2 unspecified atom stereocenters. The summed E-state index contributed by atoms with van der Waals surface area (Å²) < 4.78 is 28.0. The molecular formula is C39H30O15. The zero-order valence-electron chi connectivity index (χ0n) is 27.7. The lowest BCUT2D eigenvalue weighted by atomic mass is 10.0. The van der Waals surface area contributed by atoms with Crippen LogP contribution in [0.4, 0.5) is 0 Å². The fourth-order valence-corrected chi connectivity index (χ4v) is 5.21. The molecule has 7 N–H and O–H groups in total. The maximum absolute atomic E-state index is 13.9. The van der Waals surface area contributed by atoms with Crippen LogP contribution in [0.5, 0.6) is 34.5 Å². The van der Waals surface area contributed by atoms with Gasteiger partial charge in [0.25, 0.3) is 0 Å². The first-order valence-electron chi connectivity index (χ1n) is 16.0. The summed E-state index contributed by atoms with van der Waals surface area (Å²) in [6, 6.07) is 18.9. The van der Waals surface area contributed by atoms with Crippen molar-refractivity contribution in [1.29, 1.82) is 0 Å². The number of ether oxygens (including phenoxy) is 4. The van der Waals surface area contributed by atoms with Gasteiger partial charge in [-0.15, -0.1) is 0 Å². The van der Waals surface area contributed by atoms with E-state index in [4.69, 9.17) is 23.4 Å². The number of rotatable bonds is 10. The average Bonchev–Trinajstić information content (AvgIpc) is 3.14. The van der Waals surface area contributed by atoms with Gasteiger partial charge in [0, 0.05) is 29.8 Å². The fraction of sp³-hybridized carbons (Fsp3) is 0.103. The Morgan fingerprint density at radius 1 is 0.722 bits per heavy atom. The van der Waals surface area contributed by atoms with Crippen molar-refractivity contribution >= 4 is 35.1 Å². The molecule has 4 aromatic carbocycles. The highest BCUT2D eigenvalue weighted by atomic mass is 16.7. The van der Waals surface area contributed by atoms with Crippen molar-refractivity contribution < 1.29 is 68.7 Å². The molecule has 276 valence electrons. The highest BCUT2D eigenvalue weighted by molar-refractivity contribution is 5.89. The molecule has 1 aliphatic heterocycles. The second kappa shape index (κ2) is 15.5. The van der Waals surface area contributed by atoms with Crippen molar-refractivity contribution in [1.82, 2.24) is 0 Å². The predicted octanol–water partition coefficient (Wildman–Crippen LogP) is 4.74. The first kappa shape index (κ1) is 36.4. The molecule has 3 atom stereocenters. The molecule has 0 fully saturated rings. The monoisotopic (exact) mass is 738 g/mol. The van der Waals surface area contributed by atoms with Crippen LogP contribution < -0.4 is 10.2 Å². The molecule has 2 heterocycles. The molecule has 0 spiro atoms. The summed E-state index contributed by atoms with van der Waals surface area (Å²) in [4.78, 5) is 39.4. The Morgan fingerprint density at radius 2 is 1.28 bits per heavy atom. The van der Waals surface area contributed by atoms with Gasteiger partial charge < -0.3 is 59.1 Å². The summed E-state index contributed by atoms with van der Waals surface area (Å²) >= 11 is 0. The number of aliphatic hydroxyl groups excluding tert-OH is 2. The normalized spacial score (nSPS) is 17.1. The average molecular weight is 739 g/mol. The minimum atomic E-state index is -1.92. The van der Waals surface area contributed by atoms with Crippen molar-refractivity contribution in [2.75, 3.05) is 6.61 Å². The van der Waals surface area contributed by atoms with Gasteiger partial charge in [0.2, 0.25) is 16.9 Å². The largest absolute Gasteiger partial charge is 0.508 e. The van der Waals surface area contributed by atoms with E-state index in [2.05, 4.69) is 0 Å². The van der Waals surface area contributed by atoms with E-state index in [1.54, 1.807) is 0 Å². The van der Waals surface area contributed by atoms with Crippen LogP contribution in [0.15, 0.2) is 118 Å². The summed E-state index contributed by atoms with van der Waals surface area (Å²) in [7, 11) is 0. The number of phenols is 5. The second-order valence-corrected chi connectivity index (χ2v) is 11.7. The van der Waals surface area contributed by atoms with Crippen molar-refractivity contribution in [3.8, 4) is 45.8 Å². The second-order valence-electron chi connectivity index (χ2n) is 11.7. The molecule has 5 aromatic rings. The molecule has 15 heteroatoms. The highest BCUT2D eigenvalue weighted by Gasteiger charge is 2.44. The van der Waals surface area contributed by atoms with E-state index in [0.717, 1.165) is 24.3 Å². The molecule has 0 bridgehead atoms. The van der Waals surface area contributed by atoms with Gasteiger partial charge in [0.1, 0.15) is 52.4 Å². The van der Waals surface area contributed by atoms with Crippen molar-refractivity contribution in [3.63, 3.8) is 0 Å². The van der Waals surface area contributed by atoms with Gasteiger partial charge in [-0.2, -0.15) is 0 Å². The van der Waals surface area contributed by atoms with Crippen LogP contribution in [0, 0.1) is 0 Å². The molecule has 54 heavy (non-hydrogen) atoms. The van der Waals surface area contributed by atoms with Crippen LogP contribution >= 0.6 is 0 Å². The number of fused-ring (bicyclic) bond motifs is 1. The van der Waals surface area contributed by atoms with Crippen LogP contribution in [0.25, 0.3) is 34.4 Å². The zero-order valence-corrected chi connectivity index (χ0v) is 27.7. The smallest absolute Gasteiger partial charge is 0.331 e. The Labute approximate surface area is 304 Å².